The highest BCUT2D eigenvalue weighted by molar-refractivity contribution is 6.55. The lowest BCUT2D eigenvalue weighted by molar-refractivity contribution is -0.342. The number of carbonyl (C=O) groups excluding carboxylic acids is 1. The molecule has 1 saturated carbocycles. The number of alkyl halides is 7. The second-order valence-electron chi connectivity index (χ2n) is 6.85. The SMILES string of the molecule is C#CC(OC(=O)C1C(C=C(Cl)Cl)C1(C)C)/C(C)=C/C(F)(F)C(F)(F)C(F)(F)F. The van der Waals surface area contributed by atoms with Gasteiger partial charge in [-0.05, 0) is 36.0 Å². The van der Waals surface area contributed by atoms with Crippen molar-refractivity contribution in [2.75, 3.05) is 0 Å². The predicted molar refractivity (Wildman–Crippen MR) is 89.0 cm³/mol. The molecule has 0 bridgehead atoms. The minimum absolute atomic E-state index is 0.119. The Kier molecular flexibility index (Phi) is 6.85. The van der Waals surface area contributed by atoms with E-state index in [1.807, 2.05) is 0 Å². The molecular formula is C17H15Cl2F7O2. The summed E-state index contributed by atoms with van der Waals surface area (Å²) in [5, 5.41) is 0. The van der Waals surface area contributed by atoms with Crippen LogP contribution in [0.5, 0.6) is 0 Å². The maximum absolute atomic E-state index is 13.5. The van der Waals surface area contributed by atoms with Crippen molar-refractivity contribution in [1.29, 1.82) is 0 Å². The van der Waals surface area contributed by atoms with Gasteiger partial charge < -0.3 is 4.74 Å². The summed E-state index contributed by atoms with van der Waals surface area (Å²) in [6.45, 7) is 4.06. The monoisotopic (exact) mass is 454 g/mol. The first kappa shape index (κ1) is 24.6. The molecule has 1 aliphatic rings. The standard InChI is InChI=1S/C17H15Cl2F7O2/c1-5-10(8(2)7-15(20,21)16(22,23)17(24,25)26)28-13(27)12-9(6-11(18)19)14(12,3)4/h1,6-7,9-10,12H,2-4H3/b8-7+. The quantitative estimate of drug-likeness (QED) is 0.216. The van der Waals surface area contributed by atoms with Gasteiger partial charge in [0.2, 0.25) is 0 Å². The normalized spacial score (nSPS) is 23.5. The molecule has 0 heterocycles. The molecule has 0 amide bonds. The van der Waals surface area contributed by atoms with E-state index in [-0.39, 0.29) is 4.49 Å². The Hall–Kier alpha value is -1.40. The van der Waals surface area contributed by atoms with Gasteiger partial charge in [-0.3, -0.25) is 4.79 Å². The van der Waals surface area contributed by atoms with Gasteiger partial charge in [0.15, 0.2) is 6.10 Å². The summed E-state index contributed by atoms with van der Waals surface area (Å²) in [5.41, 5.74) is -1.51. The molecule has 1 fully saturated rings. The highest BCUT2D eigenvalue weighted by Gasteiger charge is 2.72. The fourth-order valence-electron chi connectivity index (χ4n) is 2.66. The summed E-state index contributed by atoms with van der Waals surface area (Å²) in [4.78, 5) is 12.2. The van der Waals surface area contributed by atoms with Gasteiger partial charge in [-0.15, -0.1) is 6.42 Å². The summed E-state index contributed by atoms with van der Waals surface area (Å²) in [6.07, 6.45) is -2.58. The van der Waals surface area contributed by atoms with Crippen LogP contribution in [-0.4, -0.2) is 30.1 Å². The van der Waals surface area contributed by atoms with Crippen LogP contribution in [0.1, 0.15) is 20.8 Å². The van der Waals surface area contributed by atoms with Crippen LogP contribution in [0.25, 0.3) is 0 Å². The van der Waals surface area contributed by atoms with E-state index in [1.165, 1.54) is 6.08 Å². The zero-order chi connectivity index (χ0) is 22.3. The Bertz CT molecular complexity index is 729. The highest BCUT2D eigenvalue weighted by atomic mass is 35.5. The first-order valence-corrected chi connectivity index (χ1v) is 8.37. The molecule has 0 radical (unpaired) electrons. The predicted octanol–water partition coefficient (Wildman–Crippen LogP) is 5.90. The van der Waals surface area contributed by atoms with Crippen molar-refractivity contribution < 1.29 is 40.3 Å². The summed E-state index contributed by atoms with van der Waals surface area (Å²) in [7, 11) is 0. The topological polar surface area (TPSA) is 26.3 Å². The zero-order valence-electron chi connectivity index (χ0n) is 14.7. The lowest BCUT2D eigenvalue weighted by Crippen LogP contribution is -2.51. The molecule has 0 aromatic heterocycles. The molecule has 3 atom stereocenters. The molecule has 0 aliphatic heterocycles. The van der Waals surface area contributed by atoms with Crippen molar-refractivity contribution in [3.05, 3.63) is 22.2 Å². The van der Waals surface area contributed by atoms with Crippen LogP contribution in [0.4, 0.5) is 30.7 Å². The van der Waals surface area contributed by atoms with Crippen LogP contribution in [0.15, 0.2) is 22.2 Å². The maximum Gasteiger partial charge on any atom is 0.460 e. The van der Waals surface area contributed by atoms with Crippen LogP contribution in [-0.2, 0) is 9.53 Å². The number of hydrogen-bond acceptors (Lipinski definition) is 2. The summed E-state index contributed by atoms with van der Waals surface area (Å²) in [5.74, 6) is -12.4. The number of ether oxygens (including phenoxy) is 1. The number of esters is 1. The van der Waals surface area contributed by atoms with E-state index in [1.54, 1.807) is 19.8 Å². The lowest BCUT2D eigenvalue weighted by Gasteiger charge is -2.27. The molecule has 11 heteroatoms. The molecule has 2 nitrogen and oxygen atoms in total. The Morgan fingerprint density at radius 2 is 1.68 bits per heavy atom. The number of hydrogen-bond donors (Lipinski definition) is 0. The first-order chi connectivity index (χ1) is 12.4. The Labute approximate surface area is 166 Å². The summed E-state index contributed by atoms with van der Waals surface area (Å²) < 4.78 is 94.3. The van der Waals surface area contributed by atoms with E-state index >= 15 is 0 Å². The third-order valence-electron chi connectivity index (χ3n) is 4.45. The van der Waals surface area contributed by atoms with Crippen LogP contribution >= 0.6 is 23.2 Å². The zero-order valence-corrected chi connectivity index (χ0v) is 16.2. The number of rotatable bonds is 6. The van der Waals surface area contributed by atoms with Crippen LogP contribution in [0, 0.1) is 29.6 Å². The van der Waals surface area contributed by atoms with Gasteiger partial charge in [-0.25, -0.2) is 0 Å². The Morgan fingerprint density at radius 3 is 2.07 bits per heavy atom. The third kappa shape index (κ3) is 4.77. The fraction of sp³-hybridized carbons (Fsp3) is 0.588. The average Bonchev–Trinajstić information content (AvgIpc) is 3.02. The molecule has 1 aliphatic carbocycles. The Balaban J connectivity index is 3.03. The lowest BCUT2D eigenvalue weighted by atomic mass is 10.0. The van der Waals surface area contributed by atoms with Crippen molar-refractivity contribution in [3.63, 3.8) is 0 Å². The molecule has 0 saturated heterocycles. The van der Waals surface area contributed by atoms with Gasteiger partial charge in [-0.1, -0.05) is 43.0 Å². The molecule has 0 N–H and O–H groups in total. The molecular weight excluding hydrogens is 440 g/mol. The number of halogens is 9. The largest absolute Gasteiger partial charge is 0.460 e. The van der Waals surface area contributed by atoms with E-state index in [9.17, 15) is 35.5 Å². The van der Waals surface area contributed by atoms with E-state index in [0.29, 0.717) is 0 Å². The van der Waals surface area contributed by atoms with Crippen molar-refractivity contribution in [1.82, 2.24) is 0 Å². The van der Waals surface area contributed by atoms with E-state index in [0.717, 1.165) is 6.92 Å². The van der Waals surface area contributed by atoms with E-state index < -0.39 is 59.0 Å². The van der Waals surface area contributed by atoms with Crippen LogP contribution < -0.4 is 0 Å². The molecule has 28 heavy (non-hydrogen) atoms. The van der Waals surface area contributed by atoms with Crippen LogP contribution in [0.3, 0.4) is 0 Å². The molecule has 0 spiro atoms. The molecule has 1 rings (SSSR count). The smallest absolute Gasteiger partial charge is 0.444 e. The summed E-state index contributed by atoms with van der Waals surface area (Å²) in [6, 6.07) is 0. The van der Waals surface area contributed by atoms with Gasteiger partial charge in [0.05, 0.1) is 5.92 Å². The number of terminal acetylenes is 1. The van der Waals surface area contributed by atoms with Gasteiger partial charge in [0.25, 0.3) is 0 Å². The van der Waals surface area contributed by atoms with Gasteiger partial charge >= 0.3 is 24.0 Å². The first-order valence-electron chi connectivity index (χ1n) is 7.61. The molecule has 158 valence electrons. The minimum atomic E-state index is -6.49. The molecule has 3 unspecified atom stereocenters. The van der Waals surface area contributed by atoms with Crippen molar-refractivity contribution in [2.45, 2.75) is 44.9 Å². The van der Waals surface area contributed by atoms with Crippen molar-refractivity contribution in [2.24, 2.45) is 17.3 Å². The van der Waals surface area contributed by atoms with Crippen molar-refractivity contribution >= 4 is 29.2 Å². The molecule has 0 aromatic rings. The summed E-state index contributed by atoms with van der Waals surface area (Å²) >= 11 is 11.1. The Morgan fingerprint density at radius 1 is 1.18 bits per heavy atom. The van der Waals surface area contributed by atoms with Crippen molar-refractivity contribution in [3.8, 4) is 12.3 Å². The highest BCUT2D eigenvalue weighted by Crippen LogP contribution is 2.60. The second-order valence-corrected chi connectivity index (χ2v) is 7.86. The number of allylic oxidation sites excluding steroid dienone is 2. The minimum Gasteiger partial charge on any atom is -0.444 e. The number of carbonyl (C=O) groups is 1. The van der Waals surface area contributed by atoms with E-state index in [4.69, 9.17) is 34.4 Å². The second kappa shape index (κ2) is 7.79. The van der Waals surface area contributed by atoms with Crippen LogP contribution in [0.2, 0.25) is 0 Å². The van der Waals surface area contributed by atoms with Gasteiger partial charge in [0, 0.05) is 0 Å². The average molecular weight is 455 g/mol. The van der Waals surface area contributed by atoms with Gasteiger partial charge in [-0.2, -0.15) is 30.7 Å². The maximum atomic E-state index is 13.5. The fourth-order valence-corrected chi connectivity index (χ4v) is 2.94. The third-order valence-corrected chi connectivity index (χ3v) is 4.70. The molecule has 0 aromatic carbocycles. The van der Waals surface area contributed by atoms with Gasteiger partial charge in [0.1, 0.15) is 4.49 Å². The van der Waals surface area contributed by atoms with E-state index in [2.05, 4.69) is 0 Å².